The number of carbonyl (C=O) groups is 2. The van der Waals surface area contributed by atoms with Gasteiger partial charge in [0.05, 0.1) is 13.2 Å². The van der Waals surface area contributed by atoms with Crippen LogP contribution in [0.1, 0.15) is 91.9 Å². The van der Waals surface area contributed by atoms with Crippen LogP contribution >= 0.6 is 0 Å². The Labute approximate surface area is 203 Å². The molecule has 2 aliphatic carbocycles. The van der Waals surface area contributed by atoms with Gasteiger partial charge in [0.1, 0.15) is 0 Å². The van der Waals surface area contributed by atoms with Gasteiger partial charge in [0.15, 0.2) is 14.1 Å². The molecule has 0 aromatic carbocycles. The zero-order valence-electron chi connectivity index (χ0n) is 22.2. The number of ketones is 1. The zero-order valence-corrected chi connectivity index (χ0v) is 23.2. The van der Waals surface area contributed by atoms with Crippen molar-refractivity contribution in [3.63, 3.8) is 0 Å². The largest absolute Gasteiger partial charge is 0.469 e. The summed E-state index contributed by atoms with van der Waals surface area (Å²) in [7, 11) is -0.430. The third kappa shape index (κ3) is 8.20. The number of carbonyl (C=O) groups excluding carboxylic acids is 2. The Bertz CT molecular complexity index is 716. The Hall–Kier alpha value is -1.20. The van der Waals surface area contributed by atoms with Gasteiger partial charge in [0, 0.05) is 18.8 Å². The standard InChI is InChI=1S/C28H48O4Si/c1-8-9-10-14-23(29)16-17-24-25-19-21(13-11-12-15-27(30)31-5)18-22(25)20-26(24)32-33(6,7)28(2,3)4/h16-18,22,24-26H,8-15,19-20H2,1-7H3/t22-,24+,25+,26+/m1/s1. The predicted molar refractivity (Wildman–Crippen MR) is 139 cm³/mol. The molecule has 0 spiro atoms. The van der Waals surface area contributed by atoms with Gasteiger partial charge < -0.3 is 9.16 Å². The number of hydrogen-bond acceptors (Lipinski definition) is 4. The summed E-state index contributed by atoms with van der Waals surface area (Å²) in [6, 6.07) is 0. The molecule has 0 heterocycles. The van der Waals surface area contributed by atoms with Gasteiger partial charge in [-0.2, -0.15) is 0 Å². The molecule has 1 saturated carbocycles. The van der Waals surface area contributed by atoms with Crippen molar-refractivity contribution in [1.82, 2.24) is 0 Å². The summed E-state index contributed by atoms with van der Waals surface area (Å²) in [5.74, 6) is 1.53. The molecule has 0 aliphatic heterocycles. The Balaban J connectivity index is 2.05. The number of unbranched alkanes of at least 4 members (excludes halogenated alkanes) is 3. The molecule has 0 aromatic heterocycles. The summed E-state index contributed by atoms with van der Waals surface area (Å²) in [4.78, 5) is 23.8. The van der Waals surface area contributed by atoms with Crippen LogP contribution in [0.25, 0.3) is 0 Å². The summed E-state index contributed by atoms with van der Waals surface area (Å²) < 4.78 is 11.7. The second-order valence-corrected chi connectivity index (χ2v) is 16.4. The summed E-state index contributed by atoms with van der Waals surface area (Å²) in [6.45, 7) is 13.7. The molecule has 0 bridgehead atoms. The number of ether oxygens (including phenoxy) is 1. The third-order valence-corrected chi connectivity index (χ3v) is 12.6. The van der Waals surface area contributed by atoms with Crippen LogP contribution in [-0.4, -0.2) is 33.3 Å². The van der Waals surface area contributed by atoms with Crippen LogP contribution in [0.2, 0.25) is 18.1 Å². The molecule has 0 radical (unpaired) electrons. The van der Waals surface area contributed by atoms with Gasteiger partial charge in [-0.3, -0.25) is 9.59 Å². The quantitative estimate of drug-likeness (QED) is 0.0913. The van der Waals surface area contributed by atoms with Gasteiger partial charge in [-0.05, 0) is 74.6 Å². The van der Waals surface area contributed by atoms with E-state index in [0.717, 1.165) is 51.4 Å². The summed E-state index contributed by atoms with van der Waals surface area (Å²) in [6.07, 6.45) is 16.3. The first-order valence-corrected chi connectivity index (χ1v) is 16.0. The molecule has 0 N–H and O–H groups in total. The van der Waals surface area contributed by atoms with E-state index < -0.39 is 8.32 Å². The normalized spacial score (nSPS) is 25.4. The summed E-state index contributed by atoms with van der Waals surface area (Å²) in [5, 5.41) is 0.176. The van der Waals surface area contributed by atoms with Crippen LogP contribution in [-0.2, 0) is 18.8 Å². The number of fused-ring (bicyclic) bond motifs is 1. The smallest absolute Gasteiger partial charge is 0.305 e. The lowest BCUT2D eigenvalue weighted by Gasteiger charge is -2.40. The molecule has 0 aromatic rings. The maximum Gasteiger partial charge on any atom is 0.305 e. The topological polar surface area (TPSA) is 52.6 Å². The molecule has 0 unspecified atom stereocenters. The van der Waals surface area contributed by atoms with Gasteiger partial charge in [-0.1, -0.05) is 58.3 Å². The lowest BCUT2D eigenvalue weighted by molar-refractivity contribution is -0.140. The van der Waals surface area contributed by atoms with E-state index in [2.05, 4.69) is 52.9 Å². The van der Waals surface area contributed by atoms with Gasteiger partial charge in [0.2, 0.25) is 0 Å². The van der Waals surface area contributed by atoms with Gasteiger partial charge in [-0.25, -0.2) is 0 Å². The molecule has 33 heavy (non-hydrogen) atoms. The van der Waals surface area contributed by atoms with Crippen molar-refractivity contribution < 1.29 is 18.8 Å². The monoisotopic (exact) mass is 476 g/mol. The molecular formula is C28H48O4Si. The Morgan fingerprint density at radius 1 is 1.12 bits per heavy atom. The lowest BCUT2D eigenvalue weighted by atomic mass is 9.88. The Morgan fingerprint density at radius 3 is 2.45 bits per heavy atom. The summed E-state index contributed by atoms with van der Waals surface area (Å²) in [5.41, 5.74) is 1.52. The number of rotatable bonds is 13. The zero-order chi connectivity index (χ0) is 24.6. The van der Waals surface area contributed by atoms with E-state index in [0.29, 0.717) is 30.6 Å². The Kier molecular flexibility index (Phi) is 10.6. The third-order valence-electron chi connectivity index (χ3n) is 8.07. The maximum absolute atomic E-state index is 12.5. The molecule has 2 aliphatic rings. The van der Waals surface area contributed by atoms with Crippen molar-refractivity contribution in [2.24, 2.45) is 17.8 Å². The highest BCUT2D eigenvalue weighted by molar-refractivity contribution is 6.74. The molecule has 4 nitrogen and oxygen atoms in total. The summed E-state index contributed by atoms with van der Waals surface area (Å²) >= 11 is 0. The van der Waals surface area contributed by atoms with E-state index in [1.54, 1.807) is 0 Å². The van der Waals surface area contributed by atoms with Crippen LogP contribution in [0.5, 0.6) is 0 Å². The molecule has 1 fully saturated rings. The highest BCUT2D eigenvalue weighted by Gasteiger charge is 2.48. The van der Waals surface area contributed by atoms with E-state index >= 15 is 0 Å². The van der Waals surface area contributed by atoms with E-state index in [1.165, 1.54) is 12.7 Å². The van der Waals surface area contributed by atoms with Crippen molar-refractivity contribution in [2.45, 2.75) is 116 Å². The van der Waals surface area contributed by atoms with E-state index in [9.17, 15) is 9.59 Å². The SMILES string of the molecule is CCCCCC(=O)C=C[C@H]1[C@H]2CC(CCCCC(=O)OC)=C[C@@H]2C[C@@H]1O[Si](C)(C)C(C)(C)C. The fourth-order valence-electron chi connectivity index (χ4n) is 5.02. The first-order valence-electron chi connectivity index (χ1n) is 13.1. The van der Waals surface area contributed by atoms with E-state index in [4.69, 9.17) is 9.16 Å². The average molecular weight is 477 g/mol. The van der Waals surface area contributed by atoms with Crippen molar-refractivity contribution in [1.29, 1.82) is 0 Å². The van der Waals surface area contributed by atoms with Crippen molar-refractivity contribution in [2.75, 3.05) is 7.11 Å². The van der Waals surface area contributed by atoms with Crippen LogP contribution in [0.3, 0.4) is 0 Å². The van der Waals surface area contributed by atoms with Crippen molar-refractivity contribution in [3.05, 3.63) is 23.8 Å². The molecule has 4 atom stereocenters. The predicted octanol–water partition coefficient (Wildman–Crippen LogP) is 7.40. The lowest BCUT2D eigenvalue weighted by Crippen LogP contribution is -2.45. The van der Waals surface area contributed by atoms with Gasteiger partial charge >= 0.3 is 5.97 Å². The second kappa shape index (κ2) is 12.5. The van der Waals surface area contributed by atoms with Crippen LogP contribution in [0.15, 0.2) is 23.8 Å². The molecule has 188 valence electrons. The second-order valence-electron chi connectivity index (χ2n) is 11.7. The van der Waals surface area contributed by atoms with Gasteiger partial charge in [0.25, 0.3) is 0 Å². The minimum atomic E-state index is -1.88. The van der Waals surface area contributed by atoms with Crippen molar-refractivity contribution >= 4 is 20.1 Å². The number of hydrogen-bond donors (Lipinski definition) is 0. The number of methoxy groups -OCH3 is 1. The molecule has 0 amide bonds. The van der Waals surface area contributed by atoms with E-state index in [1.807, 2.05) is 6.08 Å². The van der Waals surface area contributed by atoms with Crippen LogP contribution < -0.4 is 0 Å². The molecular weight excluding hydrogens is 428 g/mol. The minimum absolute atomic E-state index is 0.119. The van der Waals surface area contributed by atoms with Crippen LogP contribution in [0.4, 0.5) is 0 Å². The molecule has 5 heteroatoms. The fourth-order valence-corrected chi connectivity index (χ4v) is 6.39. The van der Waals surface area contributed by atoms with Crippen LogP contribution in [0, 0.1) is 17.8 Å². The Morgan fingerprint density at radius 2 is 1.82 bits per heavy atom. The van der Waals surface area contributed by atoms with Gasteiger partial charge in [-0.15, -0.1) is 0 Å². The minimum Gasteiger partial charge on any atom is -0.469 e. The highest BCUT2D eigenvalue weighted by atomic mass is 28.4. The fraction of sp³-hybridized carbons (Fsp3) is 0.786. The first-order chi connectivity index (χ1) is 15.5. The van der Waals surface area contributed by atoms with Crippen molar-refractivity contribution in [3.8, 4) is 0 Å². The average Bonchev–Trinajstić information content (AvgIpc) is 3.25. The first kappa shape index (κ1) is 28.0. The molecule has 0 saturated heterocycles. The number of esters is 1. The van der Waals surface area contributed by atoms with E-state index in [-0.39, 0.29) is 22.9 Å². The maximum atomic E-state index is 12.5. The molecule has 2 rings (SSSR count). The number of allylic oxidation sites excluding steroid dienone is 3. The highest BCUT2D eigenvalue weighted by Crippen LogP contribution is 2.51.